The molecule has 1 fully saturated rings. The molecule has 2 amide bonds. The molecule has 1 saturated heterocycles. The van der Waals surface area contributed by atoms with Crippen molar-refractivity contribution in [2.24, 2.45) is 5.92 Å². The largest absolute Gasteiger partial charge is 0.392 e. The quantitative estimate of drug-likeness (QED) is 0.0386. The molecular formula is C53H106N4O5. The number of hydrogen-bond acceptors (Lipinski definition) is 7. The van der Waals surface area contributed by atoms with E-state index in [1.807, 2.05) is 0 Å². The molecule has 0 aliphatic carbocycles. The Morgan fingerprint density at radius 2 is 0.694 bits per heavy atom. The molecule has 1 rings (SSSR count). The molecular weight excluding hydrogens is 773 g/mol. The van der Waals surface area contributed by atoms with Crippen molar-refractivity contribution < 1.29 is 24.9 Å². The van der Waals surface area contributed by atoms with E-state index >= 15 is 0 Å². The molecule has 9 nitrogen and oxygen atoms in total. The van der Waals surface area contributed by atoms with Crippen molar-refractivity contribution in [3.63, 3.8) is 0 Å². The van der Waals surface area contributed by atoms with E-state index in [2.05, 4.69) is 55.1 Å². The number of rotatable bonds is 46. The van der Waals surface area contributed by atoms with E-state index < -0.39 is 24.3 Å². The SMILES string of the molecule is CCCCCCCCC(C)CN(CCCCC1NC(=O)C(CCCCN(CC(O)CCCCCCCC)CC(O)CCCCCCCC)NC1=O)CC(O)CCCCCCCC. The van der Waals surface area contributed by atoms with Crippen LogP contribution >= 0.6 is 0 Å². The molecule has 0 radical (unpaired) electrons. The first kappa shape index (κ1) is 58.8. The summed E-state index contributed by atoms with van der Waals surface area (Å²) in [7, 11) is 0. The van der Waals surface area contributed by atoms with Gasteiger partial charge in [-0.15, -0.1) is 0 Å². The van der Waals surface area contributed by atoms with Gasteiger partial charge < -0.3 is 30.9 Å². The van der Waals surface area contributed by atoms with Gasteiger partial charge in [0.15, 0.2) is 0 Å². The minimum atomic E-state index is -0.513. The average Bonchev–Trinajstić information content (AvgIpc) is 3.24. The minimum Gasteiger partial charge on any atom is -0.392 e. The number of piperazine rings is 1. The van der Waals surface area contributed by atoms with E-state index in [9.17, 15) is 24.9 Å². The Morgan fingerprint density at radius 3 is 1.03 bits per heavy atom. The summed E-state index contributed by atoms with van der Waals surface area (Å²) in [6.07, 6.45) is 37.0. The molecule has 0 bridgehead atoms. The number of hydrogen-bond donors (Lipinski definition) is 5. The number of unbranched alkanes of at least 4 members (excludes halogenated alkanes) is 22. The topological polar surface area (TPSA) is 125 Å². The fraction of sp³-hybridized carbons (Fsp3) is 0.962. The molecule has 62 heavy (non-hydrogen) atoms. The van der Waals surface area contributed by atoms with E-state index in [0.717, 1.165) is 103 Å². The Morgan fingerprint density at radius 1 is 0.403 bits per heavy atom. The number of carbonyl (C=O) groups is 2. The van der Waals surface area contributed by atoms with Gasteiger partial charge in [0.2, 0.25) is 11.8 Å². The molecule has 9 heteroatoms. The van der Waals surface area contributed by atoms with E-state index in [4.69, 9.17) is 0 Å². The second kappa shape index (κ2) is 41.2. The zero-order valence-corrected chi connectivity index (χ0v) is 41.8. The summed E-state index contributed by atoms with van der Waals surface area (Å²) in [5, 5.41) is 38.9. The highest BCUT2D eigenvalue weighted by Crippen LogP contribution is 2.18. The maximum atomic E-state index is 13.2. The number of nitrogens with zero attached hydrogens (tertiary/aromatic N) is 2. The van der Waals surface area contributed by atoms with Crippen LogP contribution in [0.15, 0.2) is 0 Å². The highest BCUT2D eigenvalue weighted by Gasteiger charge is 2.33. The third-order valence-electron chi connectivity index (χ3n) is 13.4. The molecule has 5 N–H and O–H groups in total. The lowest BCUT2D eigenvalue weighted by Gasteiger charge is -2.31. The number of amides is 2. The van der Waals surface area contributed by atoms with Crippen LogP contribution < -0.4 is 10.6 Å². The van der Waals surface area contributed by atoms with Crippen molar-refractivity contribution in [3.8, 4) is 0 Å². The van der Waals surface area contributed by atoms with Crippen molar-refractivity contribution >= 4 is 11.8 Å². The van der Waals surface area contributed by atoms with Gasteiger partial charge in [-0.1, -0.05) is 189 Å². The zero-order valence-electron chi connectivity index (χ0n) is 41.8. The summed E-state index contributed by atoms with van der Waals surface area (Å²) in [6.45, 7) is 15.9. The highest BCUT2D eigenvalue weighted by molar-refractivity contribution is 5.96. The van der Waals surface area contributed by atoms with Crippen LogP contribution in [0.2, 0.25) is 0 Å². The Balaban J connectivity index is 2.57. The third kappa shape index (κ3) is 33.3. The van der Waals surface area contributed by atoms with Crippen molar-refractivity contribution in [1.29, 1.82) is 0 Å². The van der Waals surface area contributed by atoms with Gasteiger partial charge >= 0.3 is 0 Å². The van der Waals surface area contributed by atoms with Gasteiger partial charge in [0.25, 0.3) is 0 Å². The maximum absolute atomic E-state index is 13.2. The van der Waals surface area contributed by atoms with Gasteiger partial charge in [0.05, 0.1) is 18.3 Å². The summed E-state index contributed by atoms with van der Waals surface area (Å²) in [5.41, 5.74) is 0. The first-order chi connectivity index (χ1) is 30.1. The van der Waals surface area contributed by atoms with Crippen molar-refractivity contribution in [2.45, 2.75) is 283 Å². The summed E-state index contributed by atoms with van der Waals surface area (Å²) in [6, 6.07) is -1.01. The molecule has 1 heterocycles. The second-order valence-electron chi connectivity index (χ2n) is 19.9. The van der Waals surface area contributed by atoms with Crippen molar-refractivity contribution in [1.82, 2.24) is 20.4 Å². The lowest BCUT2D eigenvalue weighted by Crippen LogP contribution is -2.61. The second-order valence-corrected chi connectivity index (χ2v) is 19.9. The number of nitrogens with one attached hydrogen (secondary N) is 2. The monoisotopic (exact) mass is 879 g/mol. The van der Waals surface area contributed by atoms with Gasteiger partial charge in [-0.2, -0.15) is 0 Å². The Bertz CT molecular complexity index is 892. The summed E-state index contributed by atoms with van der Waals surface area (Å²) in [5.74, 6) is 0.428. The summed E-state index contributed by atoms with van der Waals surface area (Å²) >= 11 is 0. The lowest BCUT2D eigenvalue weighted by molar-refractivity contribution is -0.137. The van der Waals surface area contributed by atoms with E-state index in [-0.39, 0.29) is 17.9 Å². The Hall–Kier alpha value is -1.26. The number of aliphatic hydroxyl groups is 3. The van der Waals surface area contributed by atoms with Crippen LogP contribution in [0.5, 0.6) is 0 Å². The van der Waals surface area contributed by atoms with Crippen LogP contribution in [0.1, 0.15) is 253 Å². The van der Waals surface area contributed by atoms with Crippen LogP contribution in [-0.2, 0) is 9.59 Å². The van der Waals surface area contributed by atoms with Crippen molar-refractivity contribution in [2.75, 3.05) is 39.3 Å². The highest BCUT2D eigenvalue weighted by atomic mass is 16.3. The molecule has 0 aromatic heterocycles. The van der Waals surface area contributed by atoms with Gasteiger partial charge in [-0.25, -0.2) is 0 Å². The van der Waals surface area contributed by atoms with Gasteiger partial charge in [0, 0.05) is 26.2 Å². The van der Waals surface area contributed by atoms with E-state index in [1.165, 1.54) is 128 Å². The fourth-order valence-corrected chi connectivity index (χ4v) is 9.42. The van der Waals surface area contributed by atoms with Crippen LogP contribution in [-0.4, -0.2) is 107 Å². The van der Waals surface area contributed by atoms with Gasteiger partial charge in [0.1, 0.15) is 12.1 Å². The Labute approximate surface area is 384 Å². The van der Waals surface area contributed by atoms with Crippen LogP contribution in [0, 0.1) is 5.92 Å². The maximum Gasteiger partial charge on any atom is 0.243 e. The molecule has 1 aliphatic heterocycles. The van der Waals surface area contributed by atoms with Crippen LogP contribution in [0.3, 0.4) is 0 Å². The van der Waals surface area contributed by atoms with Crippen LogP contribution in [0.4, 0.5) is 0 Å². The molecule has 0 saturated carbocycles. The van der Waals surface area contributed by atoms with Crippen LogP contribution in [0.25, 0.3) is 0 Å². The molecule has 0 aromatic rings. The first-order valence-electron chi connectivity index (χ1n) is 27.2. The van der Waals surface area contributed by atoms with E-state index in [1.54, 1.807) is 0 Å². The predicted molar refractivity (Wildman–Crippen MR) is 264 cm³/mol. The summed E-state index contributed by atoms with van der Waals surface area (Å²) < 4.78 is 0. The average molecular weight is 879 g/mol. The molecule has 1 aliphatic rings. The fourth-order valence-electron chi connectivity index (χ4n) is 9.42. The standard InChI is InChI=1S/C53H106N4O5/c1-6-10-14-18-22-26-34-46(5)42-56(43-47(58)35-27-23-19-15-11-7-2)40-32-30-38-50-52(61)55-51(53(62)54-50)39-31-33-41-57(44-48(59)36-28-24-20-16-12-8-3)45-49(60)37-29-25-21-17-13-9-4/h46-51,58-60H,6-45H2,1-5H3,(H,54,62)(H,55,61). The lowest BCUT2D eigenvalue weighted by atomic mass is 9.99. The molecule has 368 valence electrons. The Kier molecular flexibility index (Phi) is 39.0. The number of aliphatic hydroxyl groups excluding tert-OH is 3. The summed E-state index contributed by atoms with van der Waals surface area (Å²) in [4.78, 5) is 31.1. The zero-order chi connectivity index (χ0) is 45.5. The smallest absolute Gasteiger partial charge is 0.243 e. The van der Waals surface area contributed by atoms with Gasteiger partial charge in [-0.3, -0.25) is 14.5 Å². The molecule has 0 spiro atoms. The third-order valence-corrected chi connectivity index (χ3v) is 13.4. The normalized spacial score (nSPS) is 17.7. The minimum absolute atomic E-state index is 0.0781. The predicted octanol–water partition coefficient (Wildman–Crippen LogP) is 11.6. The number of carbonyl (C=O) groups excluding carboxylic acids is 2. The molecule has 0 aromatic carbocycles. The molecule has 6 unspecified atom stereocenters. The van der Waals surface area contributed by atoms with Gasteiger partial charge in [-0.05, 0) is 83.2 Å². The van der Waals surface area contributed by atoms with E-state index in [0.29, 0.717) is 31.8 Å². The molecule has 6 atom stereocenters. The van der Waals surface area contributed by atoms with Crippen molar-refractivity contribution in [3.05, 3.63) is 0 Å². The first-order valence-corrected chi connectivity index (χ1v) is 27.2.